The third-order valence-corrected chi connectivity index (χ3v) is 11.3. The number of aromatic amines is 1. The molecule has 5 heterocycles. The van der Waals surface area contributed by atoms with Crippen LogP contribution in [-0.2, 0) is 44.7 Å². The van der Waals surface area contributed by atoms with Gasteiger partial charge in [-0.15, -0.1) is 0 Å². The summed E-state index contributed by atoms with van der Waals surface area (Å²) in [5.74, 6) is -0.338. The molecule has 2 saturated heterocycles. The minimum atomic E-state index is -3.42. The number of likely N-dealkylation sites (N-methyl/N-ethyl adjacent to an activating group) is 1. The minimum Gasteiger partial charge on any atom is -0.463 e. The number of carbonyl (C=O) groups is 2. The number of aryl methyl sites for hydroxylation is 1. The van der Waals surface area contributed by atoms with Gasteiger partial charge in [-0.1, -0.05) is 0 Å². The number of nitrogens with one attached hydrogen (secondary N) is 3. The number of hydrogen-bond acceptors (Lipinski definition) is 15. The van der Waals surface area contributed by atoms with Crippen LogP contribution < -0.4 is 21.7 Å². The fourth-order valence-corrected chi connectivity index (χ4v) is 8.26. The van der Waals surface area contributed by atoms with Crippen LogP contribution in [-0.4, -0.2) is 124 Å². The molecule has 2 aliphatic rings. The van der Waals surface area contributed by atoms with Crippen molar-refractivity contribution in [3.8, 4) is 0 Å². The van der Waals surface area contributed by atoms with E-state index in [0.29, 0.717) is 29.0 Å². The second-order valence-electron chi connectivity index (χ2n) is 13.0. The smallest absolute Gasteiger partial charge is 0.330 e. The van der Waals surface area contributed by atoms with Gasteiger partial charge in [0.1, 0.15) is 43.9 Å². The van der Waals surface area contributed by atoms with E-state index in [1.54, 1.807) is 24.5 Å². The van der Waals surface area contributed by atoms with Crippen LogP contribution in [0, 0.1) is 13.5 Å². The van der Waals surface area contributed by atoms with Crippen LogP contribution in [0.4, 0.5) is 5.82 Å². The predicted octanol–water partition coefficient (Wildman–Crippen LogP) is 1.12. The number of fused-ring (bicyclic) bond motifs is 1. The van der Waals surface area contributed by atoms with Gasteiger partial charge in [-0.3, -0.25) is 23.7 Å². The fraction of sp³-hybridized carbons (Fsp3) is 0.594. The molecule has 0 radical (unpaired) electrons. The normalized spacial score (nSPS) is 23.8. The molecule has 20 nitrogen and oxygen atoms in total. The van der Waals surface area contributed by atoms with Gasteiger partial charge < -0.3 is 43.1 Å². The van der Waals surface area contributed by atoms with Gasteiger partial charge in [-0.05, 0) is 32.7 Å². The zero-order chi connectivity index (χ0) is 39.0. The topological polar surface area (TPSA) is 223 Å². The van der Waals surface area contributed by atoms with Gasteiger partial charge in [0.05, 0.1) is 31.8 Å². The van der Waals surface area contributed by atoms with Crippen molar-refractivity contribution in [3.05, 3.63) is 56.7 Å². The van der Waals surface area contributed by atoms with Crippen molar-refractivity contribution in [1.82, 2.24) is 44.4 Å². The number of nitrogens with zero attached hydrogens (tertiary/aromatic N) is 8. The van der Waals surface area contributed by atoms with E-state index in [-0.39, 0.29) is 57.5 Å². The van der Waals surface area contributed by atoms with E-state index in [1.165, 1.54) is 24.0 Å². The monoisotopic (exact) mass is 789 g/mol. The zero-order valence-electron chi connectivity index (χ0n) is 30.5. The third kappa shape index (κ3) is 10.3. The largest absolute Gasteiger partial charge is 0.463 e. The van der Waals surface area contributed by atoms with Crippen LogP contribution in [0.5, 0.6) is 0 Å². The highest BCUT2D eigenvalue weighted by molar-refractivity contribution is 8.09. The van der Waals surface area contributed by atoms with Crippen molar-refractivity contribution in [2.75, 3.05) is 47.5 Å². The molecule has 5 rings (SSSR count). The highest BCUT2D eigenvalue weighted by Gasteiger charge is 2.42. The van der Waals surface area contributed by atoms with Gasteiger partial charge in [0.15, 0.2) is 17.0 Å². The number of rotatable bonds is 18. The summed E-state index contributed by atoms with van der Waals surface area (Å²) in [6.07, 6.45) is 3.97. The molecular weight excluding hydrogens is 745 g/mol. The van der Waals surface area contributed by atoms with Crippen LogP contribution in [0.3, 0.4) is 0 Å². The molecule has 0 spiro atoms. The number of aliphatic imine (C=N–C) groups is 1. The van der Waals surface area contributed by atoms with E-state index < -0.39 is 54.6 Å². The Labute approximate surface area is 315 Å². The lowest BCUT2D eigenvalue weighted by atomic mass is 10.1. The molecule has 2 aliphatic heterocycles. The van der Waals surface area contributed by atoms with Gasteiger partial charge in [-0.25, -0.2) is 36.4 Å². The van der Waals surface area contributed by atoms with Crippen LogP contribution in [0.25, 0.3) is 16.0 Å². The maximum atomic E-state index is 12.8. The number of hydrogen-bond donors (Lipinski definition) is 3. The van der Waals surface area contributed by atoms with E-state index in [2.05, 4.69) is 40.2 Å². The van der Waals surface area contributed by atoms with E-state index in [0.717, 1.165) is 0 Å². The van der Waals surface area contributed by atoms with Gasteiger partial charge in [0.2, 0.25) is 6.54 Å². The molecule has 0 aliphatic carbocycles. The highest BCUT2D eigenvalue weighted by Crippen LogP contribution is 2.48. The summed E-state index contributed by atoms with van der Waals surface area (Å²) in [7, 11) is 5.51. The average Bonchev–Trinajstić information content (AvgIpc) is 3.86. The first-order valence-electron chi connectivity index (χ1n) is 17.1. The second kappa shape index (κ2) is 18.4. The van der Waals surface area contributed by atoms with Crippen molar-refractivity contribution in [2.24, 2.45) is 4.99 Å². The van der Waals surface area contributed by atoms with E-state index in [9.17, 15) is 19.2 Å². The molecule has 3 aromatic heterocycles. The number of ketones is 1. The third-order valence-electron chi connectivity index (χ3n) is 8.65. The fourth-order valence-electron chi connectivity index (χ4n) is 5.88. The number of esters is 1. The molecule has 0 aromatic carbocycles. The van der Waals surface area contributed by atoms with Crippen molar-refractivity contribution in [3.63, 3.8) is 0 Å². The Morgan fingerprint density at radius 2 is 1.85 bits per heavy atom. The van der Waals surface area contributed by atoms with Crippen molar-refractivity contribution < 1.29 is 32.8 Å². The molecule has 1 unspecified atom stereocenters. The van der Waals surface area contributed by atoms with Crippen LogP contribution in [0.1, 0.15) is 50.6 Å². The molecule has 54 heavy (non-hydrogen) atoms. The number of carbonyl (C=O) groups excluding carboxylic acids is 2. The Morgan fingerprint density at radius 3 is 2.56 bits per heavy atom. The summed E-state index contributed by atoms with van der Waals surface area (Å²) >= 11 is 5.98. The molecule has 292 valence electrons. The number of ether oxygens (including phenoxy) is 3. The molecule has 3 aromatic rings. The molecule has 0 saturated carbocycles. The van der Waals surface area contributed by atoms with Crippen LogP contribution in [0.15, 0.2) is 33.4 Å². The number of aromatic nitrogens is 6. The van der Waals surface area contributed by atoms with Crippen molar-refractivity contribution in [2.45, 2.75) is 76.3 Å². The predicted molar refractivity (Wildman–Crippen MR) is 199 cm³/mol. The van der Waals surface area contributed by atoms with E-state index in [4.69, 9.17) is 41.6 Å². The summed E-state index contributed by atoms with van der Waals surface area (Å²) in [4.78, 5) is 73.7. The summed E-state index contributed by atoms with van der Waals surface area (Å²) in [5.41, 5.74) is 0.149. The maximum absolute atomic E-state index is 12.8. The molecule has 3 N–H and O–H groups in total. The van der Waals surface area contributed by atoms with Crippen molar-refractivity contribution in [1.29, 1.82) is 0 Å². The summed E-state index contributed by atoms with van der Waals surface area (Å²) in [5, 5.41) is 6.54. The summed E-state index contributed by atoms with van der Waals surface area (Å²) < 4.78 is 33.6. The lowest BCUT2D eigenvalue weighted by Crippen LogP contribution is -2.40. The standard InChI is InChI=1S/C32H44N11O9PS/c1-19-13-42(32(47)39-31(19)46)25-12-22(23(51-25)14-48-27(45)8-7-20(2)44)40-53(54,49-10-9-33-3)50-15-24-21(34-4)11-26(52-24)43-18-37-28-29(38-17-41(5)6)35-16-36-30(28)43/h13,16-18,21-26,34H,7-12,14-15H2,1-2,4-6H3,(H,40,54)(H,39,46,47)/t21-,22-,23+,24+,25+,26+,53?/m0/s1. The lowest BCUT2D eigenvalue weighted by Gasteiger charge is -2.29. The van der Waals surface area contributed by atoms with E-state index >= 15 is 0 Å². The molecule has 0 amide bonds. The molecule has 2 fully saturated rings. The molecular formula is C32H44N11O9PS. The quantitative estimate of drug-likeness (QED) is 0.0410. The highest BCUT2D eigenvalue weighted by atomic mass is 32.5. The summed E-state index contributed by atoms with van der Waals surface area (Å²) in [6, 6.07) is -0.851. The first-order valence-corrected chi connectivity index (χ1v) is 19.8. The molecule has 0 bridgehead atoms. The van der Waals surface area contributed by atoms with Gasteiger partial charge in [-0.2, -0.15) is 0 Å². The molecule has 7 atom stereocenters. The van der Waals surface area contributed by atoms with Crippen molar-refractivity contribution >= 4 is 53.5 Å². The first-order chi connectivity index (χ1) is 25.8. The first kappa shape index (κ1) is 40.9. The van der Waals surface area contributed by atoms with Gasteiger partial charge in [0, 0.05) is 57.2 Å². The Hall–Kier alpha value is -4.26. The SMILES string of the molecule is [C-]#[N+]CCOP(=S)(N[C@H]1C[C@H](n2cc(C)c(=O)[nH]c2=O)O[C@@H]1COC(=O)CCC(C)=O)OC[C@H]1O[C@@H](n2cnc3c(N=CN(C)C)ncnc32)C[C@@H]1NC. The number of H-pyrrole nitrogens is 1. The lowest BCUT2D eigenvalue weighted by molar-refractivity contribution is -0.149. The van der Waals surface area contributed by atoms with Crippen LogP contribution >= 0.6 is 6.64 Å². The Kier molecular flexibility index (Phi) is 13.9. The average molecular weight is 790 g/mol. The molecule has 22 heteroatoms. The zero-order valence-corrected chi connectivity index (χ0v) is 32.2. The Bertz CT molecular complexity index is 2050. The van der Waals surface area contributed by atoms with Gasteiger partial charge >= 0.3 is 11.7 Å². The minimum absolute atomic E-state index is 0.00935. The second-order valence-corrected chi connectivity index (χ2v) is 16.2. The van der Waals surface area contributed by atoms with Gasteiger partial charge in [0.25, 0.3) is 12.2 Å². The van der Waals surface area contributed by atoms with E-state index in [1.807, 2.05) is 25.7 Å². The van der Waals surface area contributed by atoms with Crippen LogP contribution in [0.2, 0.25) is 0 Å². The Balaban J connectivity index is 1.34. The Morgan fingerprint density at radius 1 is 1.13 bits per heavy atom. The maximum Gasteiger partial charge on any atom is 0.330 e. The number of imidazole rings is 1. The summed E-state index contributed by atoms with van der Waals surface area (Å²) in [6.45, 7) is 6.51. The number of Topliss-reactive ketones (excluding diaryl/α,β-unsaturated/α-hetero) is 1.